The molecule has 0 unspecified atom stereocenters. The summed E-state index contributed by atoms with van der Waals surface area (Å²) in [5.41, 5.74) is 0.0510. The summed E-state index contributed by atoms with van der Waals surface area (Å²) in [5, 5.41) is 13.4. The summed E-state index contributed by atoms with van der Waals surface area (Å²) >= 11 is 0. The molecule has 1 amide bonds. The zero-order valence-corrected chi connectivity index (χ0v) is 13.3. The lowest BCUT2D eigenvalue weighted by atomic mass is 9.92. The molecular formula is C18H25NO3. The van der Waals surface area contributed by atoms with Gasteiger partial charge in [-0.2, -0.15) is 0 Å². The molecule has 4 nitrogen and oxygen atoms in total. The smallest absolute Gasteiger partial charge is 0.223 e. The SMILES string of the molecule is COc1ccc(C[C@](C)(O)CNC(=O)[C@@H]2CC=CCC2)cc1. The second-order valence-electron chi connectivity index (χ2n) is 6.22. The van der Waals surface area contributed by atoms with E-state index in [1.165, 1.54) is 0 Å². The fourth-order valence-corrected chi connectivity index (χ4v) is 2.70. The van der Waals surface area contributed by atoms with Gasteiger partial charge in [0.25, 0.3) is 0 Å². The van der Waals surface area contributed by atoms with E-state index in [2.05, 4.69) is 17.5 Å². The molecule has 0 fully saturated rings. The maximum atomic E-state index is 12.1. The molecule has 1 aromatic carbocycles. The molecule has 2 atom stereocenters. The molecule has 1 aliphatic rings. The second-order valence-corrected chi connectivity index (χ2v) is 6.22. The molecular weight excluding hydrogens is 278 g/mol. The van der Waals surface area contributed by atoms with Crippen LogP contribution >= 0.6 is 0 Å². The molecule has 0 bridgehead atoms. The van der Waals surface area contributed by atoms with Gasteiger partial charge in [-0.25, -0.2) is 0 Å². The zero-order chi connectivity index (χ0) is 16.0. The third-order valence-corrected chi connectivity index (χ3v) is 4.03. The van der Waals surface area contributed by atoms with E-state index < -0.39 is 5.60 Å². The van der Waals surface area contributed by atoms with Crippen LogP contribution < -0.4 is 10.1 Å². The standard InChI is InChI=1S/C18H25NO3/c1-18(21,12-14-8-10-16(22-2)11-9-14)13-19-17(20)15-6-4-3-5-7-15/h3-4,8-11,15,21H,5-7,12-13H2,1-2H3,(H,19,20)/t15-,18+/m1/s1. The Bertz CT molecular complexity index is 520. The molecule has 1 aromatic rings. The number of hydrogen-bond acceptors (Lipinski definition) is 3. The molecule has 120 valence electrons. The van der Waals surface area contributed by atoms with Gasteiger partial charge in [0.1, 0.15) is 5.75 Å². The number of amides is 1. The van der Waals surface area contributed by atoms with Crippen LogP contribution in [0.4, 0.5) is 0 Å². The van der Waals surface area contributed by atoms with Crippen LogP contribution in [0.2, 0.25) is 0 Å². The largest absolute Gasteiger partial charge is 0.497 e. The van der Waals surface area contributed by atoms with Crippen molar-refractivity contribution in [2.24, 2.45) is 5.92 Å². The van der Waals surface area contributed by atoms with E-state index >= 15 is 0 Å². The van der Waals surface area contributed by atoms with Crippen LogP contribution in [0.3, 0.4) is 0 Å². The first-order valence-corrected chi connectivity index (χ1v) is 7.78. The third-order valence-electron chi connectivity index (χ3n) is 4.03. The molecule has 4 heteroatoms. The van der Waals surface area contributed by atoms with E-state index in [1.54, 1.807) is 14.0 Å². The van der Waals surface area contributed by atoms with Gasteiger partial charge in [-0.1, -0.05) is 24.3 Å². The van der Waals surface area contributed by atoms with Crippen molar-refractivity contribution in [3.63, 3.8) is 0 Å². The first-order valence-electron chi connectivity index (χ1n) is 7.78. The molecule has 2 rings (SSSR count). The average molecular weight is 303 g/mol. The number of nitrogens with one attached hydrogen (secondary N) is 1. The van der Waals surface area contributed by atoms with Crippen molar-refractivity contribution in [2.75, 3.05) is 13.7 Å². The fraction of sp³-hybridized carbons (Fsp3) is 0.500. The monoisotopic (exact) mass is 303 g/mol. The Balaban J connectivity index is 1.84. The minimum Gasteiger partial charge on any atom is -0.497 e. The van der Waals surface area contributed by atoms with Crippen LogP contribution in [0.1, 0.15) is 31.7 Å². The van der Waals surface area contributed by atoms with Crippen molar-refractivity contribution in [1.82, 2.24) is 5.32 Å². The lowest BCUT2D eigenvalue weighted by Crippen LogP contribution is -2.44. The number of rotatable bonds is 6. The van der Waals surface area contributed by atoms with E-state index in [4.69, 9.17) is 4.74 Å². The molecule has 0 aliphatic heterocycles. The van der Waals surface area contributed by atoms with Crippen molar-refractivity contribution in [2.45, 2.75) is 38.2 Å². The summed E-state index contributed by atoms with van der Waals surface area (Å²) in [6, 6.07) is 7.61. The summed E-state index contributed by atoms with van der Waals surface area (Å²) in [4.78, 5) is 12.1. The van der Waals surface area contributed by atoms with Crippen LogP contribution in [0.25, 0.3) is 0 Å². The number of benzene rings is 1. The van der Waals surface area contributed by atoms with Crippen molar-refractivity contribution in [3.8, 4) is 5.75 Å². The number of carbonyl (C=O) groups excluding carboxylic acids is 1. The van der Waals surface area contributed by atoms with Gasteiger partial charge in [0, 0.05) is 18.9 Å². The normalized spacial score (nSPS) is 20.2. The zero-order valence-electron chi connectivity index (χ0n) is 13.3. The molecule has 1 aliphatic carbocycles. The van der Waals surface area contributed by atoms with E-state index in [1.807, 2.05) is 24.3 Å². The van der Waals surface area contributed by atoms with Crippen molar-refractivity contribution in [1.29, 1.82) is 0 Å². The Kier molecular flexibility index (Phi) is 5.61. The van der Waals surface area contributed by atoms with E-state index in [0.717, 1.165) is 30.6 Å². The van der Waals surface area contributed by atoms with Crippen LogP contribution in [-0.2, 0) is 11.2 Å². The highest BCUT2D eigenvalue weighted by Crippen LogP contribution is 2.19. The highest BCUT2D eigenvalue weighted by molar-refractivity contribution is 5.79. The molecule has 0 saturated heterocycles. The molecule has 0 heterocycles. The third kappa shape index (κ3) is 4.88. The maximum Gasteiger partial charge on any atom is 0.223 e. The summed E-state index contributed by atoms with van der Waals surface area (Å²) in [6.07, 6.45) is 7.31. The van der Waals surface area contributed by atoms with Gasteiger partial charge in [0.05, 0.1) is 12.7 Å². The van der Waals surface area contributed by atoms with Gasteiger partial charge in [-0.15, -0.1) is 0 Å². The molecule has 0 spiro atoms. The molecule has 0 saturated carbocycles. The minimum absolute atomic E-state index is 0.0411. The van der Waals surface area contributed by atoms with Gasteiger partial charge in [-0.3, -0.25) is 4.79 Å². The Morgan fingerprint density at radius 2 is 2.09 bits per heavy atom. The van der Waals surface area contributed by atoms with Gasteiger partial charge >= 0.3 is 0 Å². The topological polar surface area (TPSA) is 58.6 Å². The van der Waals surface area contributed by atoms with Gasteiger partial charge in [0.2, 0.25) is 5.91 Å². The summed E-state index contributed by atoms with van der Waals surface area (Å²) < 4.78 is 5.12. The first kappa shape index (κ1) is 16.6. The Morgan fingerprint density at radius 3 is 2.68 bits per heavy atom. The predicted molar refractivity (Wildman–Crippen MR) is 86.8 cm³/mol. The fourth-order valence-electron chi connectivity index (χ4n) is 2.70. The molecule has 2 N–H and O–H groups in total. The summed E-state index contributed by atoms with van der Waals surface area (Å²) in [5.74, 6) is 0.878. The van der Waals surface area contributed by atoms with Crippen LogP contribution in [0.5, 0.6) is 5.75 Å². The number of hydrogen-bond donors (Lipinski definition) is 2. The van der Waals surface area contributed by atoms with Crippen LogP contribution in [0, 0.1) is 5.92 Å². The quantitative estimate of drug-likeness (QED) is 0.794. The highest BCUT2D eigenvalue weighted by Gasteiger charge is 2.24. The van der Waals surface area contributed by atoms with Crippen molar-refractivity contribution < 1.29 is 14.6 Å². The Morgan fingerprint density at radius 1 is 1.36 bits per heavy atom. The number of ether oxygens (including phenoxy) is 1. The number of allylic oxidation sites excluding steroid dienone is 2. The van der Waals surface area contributed by atoms with E-state index in [-0.39, 0.29) is 18.4 Å². The first-order chi connectivity index (χ1) is 10.5. The van der Waals surface area contributed by atoms with Gasteiger partial charge < -0.3 is 15.2 Å². The minimum atomic E-state index is -0.964. The lowest BCUT2D eigenvalue weighted by Gasteiger charge is -2.26. The van der Waals surface area contributed by atoms with Crippen molar-refractivity contribution >= 4 is 5.91 Å². The maximum absolute atomic E-state index is 12.1. The predicted octanol–water partition coefficient (Wildman–Crippen LogP) is 2.46. The number of carbonyl (C=O) groups is 1. The van der Waals surface area contributed by atoms with Crippen LogP contribution in [0.15, 0.2) is 36.4 Å². The highest BCUT2D eigenvalue weighted by atomic mass is 16.5. The number of aliphatic hydroxyl groups is 1. The second kappa shape index (κ2) is 7.45. The Labute approximate surface area is 132 Å². The number of methoxy groups -OCH3 is 1. The summed E-state index contributed by atoms with van der Waals surface area (Å²) in [7, 11) is 1.63. The molecule has 22 heavy (non-hydrogen) atoms. The summed E-state index contributed by atoms with van der Waals surface area (Å²) in [6.45, 7) is 2.01. The Hall–Kier alpha value is -1.81. The van der Waals surface area contributed by atoms with Gasteiger partial charge in [0.15, 0.2) is 0 Å². The lowest BCUT2D eigenvalue weighted by molar-refractivity contribution is -0.126. The van der Waals surface area contributed by atoms with Gasteiger partial charge in [-0.05, 0) is 43.9 Å². The average Bonchev–Trinajstić information content (AvgIpc) is 2.54. The molecule has 0 radical (unpaired) electrons. The van der Waals surface area contributed by atoms with Crippen LogP contribution in [-0.4, -0.2) is 30.3 Å². The van der Waals surface area contributed by atoms with E-state index in [9.17, 15) is 9.90 Å². The van der Waals surface area contributed by atoms with Crippen molar-refractivity contribution in [3.05, 3.63) is 42.0 Å². The van der Waals surface area contributed by atoms with E-state index in [0.29, 0.717) is 6.42 Å². The molecule has 0 aromatic heterocycles.